The quantitative estimate of drug-likeness (QED) is 0.738. The first-order valence-electron chi connectivity index (χ1n) is 3.56. The van der Waals surface area contributed by atoms with Crippen molar-refractivity contribution >= 4 is 30.4 Å². The van der Waals surface area contributed by atoms with Crippen LogP contribution in [0.5, 0.6) is 0 Å². The third-order valence-electron chi connectivity index (χ3n) is 1.49. The van der Waals surface area contributed by atoms with Gasteiger partial charge in [0.2, 0.25) is 0 Å². The van der Waals surface area contributed by atoms with Crippen LogP contribution < -0.4 is 0 Å². The van der Waals surface area contributed by atoms with Gasteiger partial charge in [-0.05, 0) is 0 Å². The molecule has 10 heavy (non-hydrogen) atoms. The van der Waals surface area contributed by atoms with Gasteiger partial charge in [-0.2, -0.15) is 0 Å². The Morgan fingerprint density at radius 3 is 2.90 bits per heavy atom. The predicted molar refractivity (Wildman–Crippen MR) is 49.7 cm³/mol. The zero-order valence-corrected chi connectivity index (χ0v) is 9.36. The first kappa shape index (κ1) is 8.57. The molecule has 0 spiro atoms. The standard InChI is InChI=1S/C8H11BrSe/c1-2-3-4-7-5-6-10-8(7)9/h5-6H,2-4H2,1H3. The molecular formula is C8H11BrSe. The maximum absolute atomic E-state index is 3.58. The molecule has 0 aliphatic rings. The fourth-order valence-electron chi connectivity index (χ4n) is 0.866. The predicted octanol–water partition coefficient (Wildman–Crippen LogP) is 2.85. The Labute approximate surface area is 76.5 Å². The van der Waals surface area contributed by atoms with Gasteiger partial charge in [0.05, 0.1) is 0 Å². The van der Waals surface area contributed by atoms with Crippen LogP contribution in [-0.2, 0) is 6.42 Å². The molecule has 1 rings (SSSR count). The Balaban J connectivity index is 2.49. The molecule has 0 nitrogen and oxygen atoms in total. The molecule has 1 aromatic heterocycles. The molecule has 1 heterocycles. The van der Waals surface area contributed by atoms with Crippen molar-refractivity contribution in [3.8, 4) is 0 Å². The second-order valence-electron chi connectivity index (χ2n) is 2.32. The van der Waals surface area contributed by atoms with Crippen molar-refractivity contribution in [2.24, 2.45) is 0 Å². The molecule has 0 N–H and O–H groups in total. The Morgan fingerprint density at radius 1 is 1.60 bits per heavy atom. The van der Waals surface area contributed by atoms with Crippen molar-refractivity contribution in [3.63, 3.8) is 0 Å². The molecule has 2 heteroatoms. The molecule has 0 radical (unpaired) electrons. The zero-order chi connectivity index (χ0) is 7.40. The van der Waals surface area contributed by atoms with E-state index >= 15 is 0 Å². The van der Waals surface area contributed by atoms with Crippen LogP contribution in [0.25, 0.3) is 0 Å². The summed E-state index contributed by atoms with van der Waals surface area (Å²) >= 11 is 4.19. The van der Waals surface area contributed by atoms with Gasteiger partial charge in [0.25, 0.3) is 0 Å². The molecule has 0 aliphatic carbocycles. The van der Waals surface area contributed by atoms with Crippen molar-refractivity contribution < 1.29 is 0 Å². The molecule has 0 fully saturated rings. The van der Waals surface area contributed by atoms with Crippen molar-refractivity contribution in [2.75, 3.05) is 0 Å². The normalized spacial score (nSPS) is 10.2. The van der Waals surface area contributed by atoms with Crippen LogP contribution in [0, 0.1) is 0 Å². The number of unbranched alkanes of at least 4 members (excludes halogenated alkanes) is 1. The molecule has 56 valence electrons. The van der Waals surface area contributed by atoms with Gasteiger partial charge >= 0.3 is 76.5 Å². The second kappa shape index (κ2) is 4.38. The summed E-state index contributed by atoms with van der Waals surface area (Å²) in [5.74, 6) is 0. The first-order valence-corrected chi connectivity index (χ1v) is 6.20. The Hall–Kier alpha value is 0.479. The summed E-state index contributed by atoms with van der Waals surface area (Å²) < 4.78 is 1.45. The van der Waals surface area contributed by atoms with Crippen LogP contribution in [0.15, 0.2) is 14.4 Å². The summed E-state index contributed by atoms with van der Waals surface area (Å²) in [7, 11) is 0. The van der Waals surface area contributed by atoms with E-state index in [9.17, 15) is 0 Å². The Kier molecular flexibility index (Phi) is 3.75. The van der Waals surface area contributed by atoms with Crippen LogP contribution >= 0.6 is 15.9 Å². The van der Waals surface area contributed by atoms with Gasteiger partial charge in [-0.25, -0.2) is 0 Å². The molecular weight excluding hydrogens is 255 g/mol. The van der Waals surface area contributed by atoms with Crippen LogP contribution in [0.3, 0.4) is 0 Å². The fraction of sp³-hybridized carbons (Fsp3) is 0.500. The van der Waals surface area contributed by atoms with Gasteiger partial charge in [-0.15, -0.1) is 0 Å². The number of rotatable bonds is 3. The Bertz CT molecular complexity index is 193. The molecule has 0 saturated heterocycles. The molecule has 0 amide bonds. The van der Waals surface area contributed by atoms with Crippen molar-refractivity contribution in [2.45, 2.75) is 26.2 Å². The van der Waals surface area contributed by atoms with E-state index in [2.05, 4.69) is 33.9 Å². The molecule has 0 aromatic carbocycles. The zero-order valence-electron chi connectivity index (χ0n) is 6.06. The summed E-state index contributed by atoms with van der Waals surface area (Å²) in [6, 6.07) is 2.26. The first-order chi connectivity index (χ1) is 4.84. The van der Waals surface area contributed by atoms with Crippen LogP contribution in [0.2, 0.25) is 0 Å². The third-order valence-corrected chi connectivity index (χ3v) is 4.53. The van der Waals surface area contributed by atoms with E-state index in [1.54, 1.807) is 0 Å². The minimum atomic E-state index is 0.614. The van der Waals surface area contributed by atoms with Gasteiger partial charge in [-0.3, -0.25) is 0 Å². The molecule has 0 bridgehead atoms. The van der Waals surface area contributed by atoms with E-state index in [4.69, 9.17) is 0 Å². The maximum atomic E-state index is 3.58. The van der Waals surface area contributed by atoms with E-state index in [-0.39, 0.29) is 0 Å². The average Bonchev–Trinajstić information content (AvgIpc) is 2.31. The van der Waals surface area contributed by atoms with Gasteiger partial charge in [0.15, 0.2) is 0 Å². The summed E-state index contributed by atoms with van der Waals surface area (Å²) in [5, 5.41) is 0. The van der Waals surface area contributed by atoms with Gasteiger partial charge < -0.3 is 0 Å². The van der Waals surface area contributed by atoms with Crippen molar-refractivity contribution in [1.29, 1.82) is 0 Å². The fourth-order valence-corrected chi connectivity index (χ4v) is 3.17. The summed E-state index contributed by atoms with van der Waals surface area (Å²) in [4.78, 5) is 2.28. The van der Waals surface area contributed by atoms with Crippen LogP contribution in [0.4, 0.5) is 0 Å². The van der Waals surface area contributed by atoms with E-state index in [1.807, 2.05) is 0 Å². The number of halogens is 1. The summed E-state index contributed by atoms with van der Waals surface area (Å²) in [6.07, 6.45) is 3.88. The number of hydrogen-bond acceptors (Lipinski definition) is 0. The van der Waals surface area contributed by atoms with Crippen molar-refractivity contribution in [3.05, 3.63) is 19.9 Å². The van der Waals surface area contributed by atoms with Crippen molar-refractivity contribution in [1.82, 2.24) is 0 Å². The van der Waals surface area contributed by atoms with Crippen LogP contribution in [-0.4, -0.2) is 14.5 Å². The Morgan fingerprint density at radius 2 is 2.40 bits per heavy atom. The number of aryl methyl sites for hydroxylation is 1. The van der Waals surface area contributed by atoms with E-state index in [0.717, 1.165) is 0 Å². The molecule has 0 saturated carbocycles. The van der Waals surface area contributed by atoms with Gasteiger partial charge in [0.1, 0.15) is 0 Å². The second-order valence-corrected chi connectivity index (χ2v) is 6.22. The minimum absolute atomic E-state index is 0.614. The van der Waals surface area contributed by atoms with Gasteiger partial charge in [-0.1, -0.05) is 0 Å². The molecule has 0 atom stereocenters. The third kappa shape index (κ3) is 2.26. The topological polar surface area (TPSA) is 0 Å². The summed E-state index contributed by atoms with van der Waals surface area (Å²) in [5.41, 5.74) is 1.53. The number of hydrogen-bond donors (Lipinski definition) is 0. The molecule has 1 aromatic rings. The monoisotopic (exact) mass is 266 g/mol. The molecule has 0 unspecified atom stereocenters. The van der Waals surface area contributed by atoms with E-state index in [0.29, 0.717) is 14.5 Å². The summed E-state index contributed by atoms with van der Waals surface area (Å²) in [6.45, 7) is 2.23. The average molecular weight is 266 g/mol. The SMILES string of the molecule is CCCCc1cc[se]c1Br. The van der Waals surface area contributed by atoms with Gasteiger partial charge in [0, 0.05) is 0 Å². The van der Waals surface area contributed by atoms with E-state index in [1.165, 1.54) is 28.2 Å². The molecule has 0 aliphatic heterocycles. The van der Waals surface area contributed by atoms with Crippen LogP contribution in [0.1, 0.15) is 25.3 Å². The van der Waals surface area contributed by atoms with E-state index < -0.39 is 0 Å².